The van der Waals surface area contributed by atoms with Crippen molar-refractivity contribution in [1.29, 1.82) is 0 Å². The van der Waals surface area contributed by atoms with Crippen molar-refractivity contribution in [3.8, 4) is 0 Å². The van der Waals surface area contributed by atoms with E-state index in [1.165, 1.54) is 21.3 Å². The molecular weight excluding hydrogens is 264 g/mol. The predicted molar refractivity (Wildman–Crippen MR) is 73.6 cm³/mol. The van der Waals surface area contributed by atoms with E-state index in [2.05, 4.69) is 5.16 Å². The molecule has 0 aliphatic carbocycles. The molecule has 0 aromatic heterocycles. The Bertz CT molecular complexity index is 371. The number of carbonyl (C=O) groups is 1. The molecule has 1 heterocycles. The van der Waals surface area contributed by atoms with Gasteiger partial charge >= 0.3 is 6.09 Å². The molecule has 7 nitrogen and oxygen atoms in total. The van der Waals surface area contributed by atoms with Gasteiger partial charge in [-0.3, -0.25) is 0 Å². The summed E-state index contributed by atoms with van der Waals surface area (Å²) < 4.78 is 16.2. The van der Waals surface area contributed by atoms with Crippen molar-refractivity contribution in [2.24, 2.45) is 5.16 Å². The monoisotopic (exact) mass is 288 g/mol. The predicted octanol–water partition coefficient (Wildman–Crippen LogP) is 1.62. The van der Waals surface area contributed by atoms with E-state index in [1.54, 1.807) is 4.90 Å². The third kappa shape index (κ3) is 3.83. The lowest BCUT2D eigenvalue weighted by atomic mass is 10.0. The molecular formula is C13H24N2O5. The van der Waals surface area contributed by atoms with E-state index in [9.17, 15) is 4.79 Å². The summed E-state index contributed by atoms with van der Waals surface area (Å²) in [5.41, 5.74) is -0.0331. The zero-order valence-corrected chi connectivity index (χ0v) is 13.1. The van der Waals surface area contributed by atoms with Crippen molar-refractivity contribution in [1.82, 2.24) is 4.90 Å². The first kappa shape index (κ1) is 16.7. The molecule has 7 heteroatoms. The summed E-state index contributed by atoms with van der Waals surface area (Å²) in [6.45, 7) is 6.18. The minimum atomic E-state index is -0.950. The van der Waals surface area contributed by atoms with E-state index >= 15 is 0 Å². The number of piperidine rings is 1. The second-order valence-electron chi connectivity index (χ2n) is 5.53. The van der Waals surface area contributed by atoms with Crippen molar-refractivity contribution in [2.75, 3.05) is 34.4 Å². The van der Waals surface area contributed by atoms with Gasteiger partial charge in [-0.2, -0.15) is 0 Å². The van der Waals surface area contributed by atoms with E-state index in [0.717, 1.165) is 0 Å². The number of rotatable bonds is 3. The number of nitrogens with zero attached hydrogens (tertiary/aromatic N) is 2. The molecule has 1 amide bonds. The molecule has 0 N–H and O–H groups in total. The Labute approximate surface area is 119 Å². The minimum Gasteiger partial charge on any atom is -0.444 e. The van der Waals surface area contributed by atoms with Crippen LogP contribution in [0.3, 0.4) is 0 Å². The Morgan fingerprint density at radius 2 is 1.85 bits per heavy atom. The third-order valence-electron chi connectivity index (χ3n) is 3.00. The van der Waals surface area contributed by atoms with Gasteiger partial charge in [-0.05, 0) is 20.8 Å². The highest BCUT2D eigenvalue weighted by molar-refractivity contribution is 5.95. The van der Waals surface area contributed by atoms with Crippen molar-refractivity contribution >= 4 is 11.8 Å². The van der Waals surface area contributed by atoms with Crippen LogP contribution in [0.4, 0.5) is 4.79 Å². The van der Waals surface area contributed by atoms with E-state index in [4.69, 9.17) is 19.0 Å². The van der Waals surface area contributed by atoms with Gasteiger partial charge in [0.2, 0.25) is 5.79 Å². The number of hydrogen-bond acceptors (Lipinski definition) is 6. The van der Waals surface area contributed by atoms with E-state index in [1.807, 2.05) is 20.8 Å². The van der Waals surface area contributed by atoms with Crippen LogP contribution in [-0.2, 0) is 19.0 Å². The lowest BCUT2D eigenvalue weighted by Crippen LogP contribution is -2.56. The van der Waals surface area contributed by atoms with Crippen LogP contribution in [0, 0.1) is 0 Å². The first-order chi connectivity index (χ1) is 9.28. The Hall–Kier alpha value is -1.34. The van der Waals surface area contributed by atoms with Crippen molar-refractivity contribution in [3.63, 3.8) is 0 Å². The molecule has 0 bridgehead atoms. The van der Waals surface area contributed by atoms with E-state index in [-0.39, 0.29) is 12.6 Å². The fourth-order valence-electron chi connectivity index (χ4n) is 2.02. The zero-order valence-electron chi connectivity index (χ0n) is 13.1. The molecule has 1 fully saturated rings. The number of carbonyl (C=O) groups excluding carboxylic acids is 1. The summed E-state index contributed by atoms with van der Waals surface area (Å²) in [4.78, 5) is 18.5. The largest absolute Gasteiger partial charge is 0.444 e. The Morgan fingerprint density at radius 3 is 2.30 bits per heavy atom. The molecule has 1 aliphatic rings. The van der Waals surface area contributed by atoms with Crippen molar-refractivity contribution in [2.45, 2.75) is 38.6 Å². The maximum Gasteiger partial charge on any atom is 0.410 e. The number of ether oxygens (including phenoxy) is 3. The summed E-state index contributed by atoms with van der Waals surface area (Å²) in [6.07, 6.45) is 0.0728. The molecule has 0 atom stereocenters. The lowest BCUT2D eigenvalue weighted by molar-refractivity contribution is -0.168. The maximum atomic E-state index is 12.1. The highest BCUT2D eigenvalue weighted by Gasteiger charge is 2.43. The zero-order chi connectivity index (χ0) is 15.4. The van der Waals surface area contributed by atoms with Crippen LogP contribution >= 0.6 is 0 Å². The summed E-state index contributed by atoms with van der Waals surface area (Å²) in [5, 5.41) is 3.93. The summed E-state index contributed by atoms with van der Waals surface area (Å²) >= 11 is 0. The normalized spacial score (nSPS) is 20.9. The third-order valence-corrected chi connectivity index (χ3v) is 3.00. The molecule has 0 aromatic carbocycles. The summed E-state index contributed by atoms with van der Waals surface area (Å²) in [7, 11) is 4.52. The average Bonchev–Trinajstić information content (AvgIpc) is 2.37. The minimum absolute atomic E-state index is 0.241. The Kier molecular flexibility index (Phi) is 5.35. The number of oxime groups is 1. The highest BCUT2D eigenvalue weighted by Crippen LogP contribution is 2.26. The topological polar surface area (TPSA) is 69.6 Å². The molecule has 0 unspecified atom stereocenters. The van der Waals surface area contributed by atoms with Crippen LogP contribution in [-0.4, -0.2) is 62.5 Å². The van der Waals surface area contributed by atoms with Gasteiger partial charge in [0, 0.05) is 27.2 Å². The summed E-state index contributed by atoms with van der Waals surface area (Å²) in [6, 6.07) is 0. The standard InChI is InChI=1S/C13H24N2O5/c1-12(2,3)20-11(16)15-8-7-13(17-4,18-5)10(9-15)14-19-6/h7-9H2,1-6H3/b14-10+. The second kappa shape index (κ2) is 6.41. The van der Waals surface area contributed by atoms with Crippen LogP contribution < -0.4 is 0 Å². The van der Waals surface area contributed by atoms with Crippen LogP contribution in [0.25, 0.3) is 0 Å². The first-order valence-corrected chi connectivity index (χ1v) is 6.46. The molecule has 1 aliphatic heterocycles. The van der Waals surface area contributed by atoms with Crippen LogP contribution in [0.1, 0.15) is 27.2 Å². The molecule has 1 saturated heterocycles. The maximum absolute atomic E-state index is 12.1. The number of likely N-dealkylation sites (tertiary alicyclic amines) is 1. The SMILES string of the molecule is CO/N=C1\CN(C(=O)OC(C)(C)C)CCC1(OC)OC. The van der Waals surface area contributed by atoms with E-state index < -0.39 is 11.4 Å². The molecule has 0 spiro atoms. The van der Waals surface area contributed by atoms with Gasteiger partial charge < -0.3 is 23.9 Å². The van der Waals surface area contributed by atoms with Crippen LogP contribution in [0.2, 0.25) is 0 Å². The molecule has 116 valence electrons. The van der Waals surface area contributed by atoms with E-state index in [0.29, 0.717) is 18.7 Å². The van der Waals surface area contributed by atoms with Gasteiger partial charge in [0.1, 0.15) is 18.4 Å². The van der Waals surface area contributed by atoms with Gasteiger partial charge in [-0.15, -0.1) is 0 Å². The van der Waals surface area contributed by atoms with Gasteiger partial charge in [-0.25, -0.2) is 4.79 Å². The van der Waals surface area contributed by atoms with Crippen molar-refractivity contribution in [3.05, 3.63) is 0 Å². The quantitative estimate of drug-likeness (QED) is 0.583. The first-order valence-electron chi connectivity index (χ1n) is 6.46. The molecule has 0 saturated carbocycles. The van der Waals surface area contributed by atoms with Crippen LogP contribution in [0.15, 0.2) is 5.16 Å². The fourth-order valence-corrected chi connectivity index (χ4v) is 2.02. The van der Waals surface area contributed by atoms with Gasteiger partial charge in [0.05, 0.1) is 6.54 Å². The van der Waals surface area contributed by atoms with Gasteiger partial charge in [0.25, 0.3) is 0 Å². The fraction of sp³-hybridized carbons (Fsp3) is 0.846. The van der Waals surface area contributed by atoms with Crippen molar-refractivity contribution < 1.29 is 23.8 Å². The molecule has 1 rings (SSSR count). The molecule has 0 radical (unpaired) electrons. The molecule has 20 heavy (non-hydrogen) atoms. The Morgan fingerprint density at radius 1 is 1.25 bits per heavy atom. The van der Waals surface area contributed by atoms with Crippen LogP contribution in [0.5, 0.6) is 0 Å². The smallest absolute Gasteiger partial charge is 0.410 e. The van der Waals surface area contributed by atoms with Gasteiger partial charge in [-0.1, -0.05) is 5.16 Å². The summed E-state index contributed by atoms with van der Waals surface area (Å²) in [5.74, 6) is -0.950. The van der Waals surface area contributed by atoms with Gasteiger partial charge in [0.15, 0.2) is 0 Å². The number of hydrogen-bond donors (Lipinski definition) is 0. The lowest BCUT2D eigenvalue weighted by Gasteiger charge is -2.40. The molecule has 0 aromatic rings. The Balaban J connectivity index is 2.84. The number of methoxy groups -OCH3 is 2. The highest BCUT2D eigenvalue weighted by atomic mass is 16.7. The second-order valence-corrected chi connectivity index (χ2v) is 5.53. The number of amides is 1. The average molecular weight is 288 g/mol.